The van der Waals surface area contributed by atoms with Crippen molar-refractivity contribution in [1.29, 1.82) is 0 Å². The summed E-state index contributed by atoms with van der Waals surface area (Å²) in [4.78, 5) is 0. The van der Waals surface area contributed by atoms with Crippen molar-refractivity contribution in [1.82, 2.24) is 9.03 Å². The minimum Gasteiger partial charge on any atom is -0.210 e. The number of nitrogens with one attached hydrogen (secondary N) is 1. The van der Waals surface area contributed by atoms with Crippen LogP contribution in [-0.4, -0.2) is 40.3 Å². The molecular weight excluding hydrogens is 408 g/mol. The number of nitrogens with zero attached hydrogens (tertiary/aromatic N) is 1. The molecule has 0 radical (unpaired) electrons. The van der Waals surface area contributed by atoms with E-state index in [0.717, 1.165) is 29.4 Å². The van der Waals surface area contributed by atoms with Crippen molar-refractivity contribution in [2.75, 3.05) is 13.1 Å². The normalized spacial score (nSPS) is 15.5. The Labute approximate surface area is 172 Å². The van der Waals surface area contributed by atoms with Gasteiger partial charge in [-0.3, -0.25) is 0 Å². The molecule has 0 bridgehead atoms. The average molecular weight is 433 g/mol. The van der Waals surface area contributed by atoms with E-state index in [2.05, 4.69) is 4.72 Å². The second kappa shape index (κ2) is 9.49. The van der Waals surface area contributed by atoms with E-state index < -0.39 is 20.0 Å². The summed E-state index contributed by atoms with van der Waals surface area (Å²) in [5.41, 5.74) is 1.56. The highest BCUT2D eigenvalue weighted by molar-refractivity contribution is 7.92. The molecule has 1 aliphatic rings. The van der Waals surface area contributed by atoms with Crippen LogP contribution in [0.1, 0.15) is 24.0 Å². The first-order valence-electron chi connectivity index (χ1n) is 9.33. The molecule has 6 nitrogen and oxygen atoms in total. The van der Waals surface area contributed by atoms with Gasteiger partial charge in [-0.2, -0.15) is 4.31 Å². The van der Waals surface area contributed by atoms with Crippen molar-refractivity contribution in [2.45, 2.75) is 18.9 Å². The molecule has 1 N–H and O–H groups in total. The molecule has 0 saturated heterocycles. The van der Waals surface area contributed by atoms with Crippen molar-refractivity contribution >= 4 is 32.2 Å². The highest BCUT2D eigenvalue weighted by Crippen LogP contribution is 2.29. The lowest BCUT2D eigenvalue weighted by atomic mass is 10.2. The van der Waals surface area contributed by atoms with Gasteiger partial charge in [-0.15, -0.1) is 0 Å². The van der Waals surface area contributed by atoms with Crippen molar-refractivity contribution in [3.05, 3.63) is 82.6 Å². The molecule has 1 fully saturated rings. The Morgan fingerprint density at radius 3 is 1.86 bits per heavy atom. The fourth-order valence-electron chi connectivity index (χ4n) is 2.77. The van der Waals surface area contributed by atoms with E-state index in [1.165, 1.54) is 15.8 Å². The van der Waals surface area contributed by atoms with Crippen molar-refractivity contribution < 1.29 is 16.8 Å². The second-order valence-electron chi connectivity index (χ2n) is 6.75. The Morgan fingerprint density at radius 1 is 0.828 bits per heavy atom. The molecular formula is C21H24N2O4S2. The van der Waals surface area contributed by atoms with Crippen molar-refractivity contribution in [2.24, 2.45) is 0 Å². The van der Waals surface area contributed by atoms with Gasteiger partial charge in [0.1, 0.15) is 0 Å². The molecule has 1 saturated carbocycles. The zero-order chi connectivity index (χ0) is 20.7. The first-order valence-corrected chi connectivity index (χ1v) is 12.4. The third-order valence-electron chi connectivity index (χ3n) is 4.39. The van der Waals surface area contributed by atoms with Gasteiger partial charge < -0.3 is 0 Å². The Morgan fingerprint density at radius 2 is 1.34 bits per heavy atom. The Kier molecular flexibility index (Phi) is 7.02. The number of hydrogen-bond acceptors (Lipinski definition) is 4. The van der Waals surface area contributed by atoms with E-state index in [9.17, 15) is 16.8 Å². The van der Waals surface area contributed by atoms with Gasteiger partial charge in [-0.1, -0.05) is 60.7 Å². The lowest BCUT2D eigenvalue weighted by Gasteiger charge is -2.19. The highest BCUT2D eigenvalue weighted by Gasteiger charge is 2.35. The van der Waals surface area contributed by atoms with Gasteiger partial charge in [0.05, 0.1) is 0 Å². The maximum absolute atomic E-state index is 12.7. The zero-order valence-corrected chi connectivity index (χ0v) is 17.5. The second-order valence-corrected chi connectivity index (χ2v) is 10.2. The number of benzene rings is 2. The fraction of sp³-hybridized carbons (Fsp3) is 0.238. The van der Waals surface area contributed by atoms with Crippen LogP contribution >= 0.6 is 0 Å². The smallest absolute Gasteiger partial charge is 0.210 e. The summed E-state index contributed by atoms with van der Waals surface area (Å²) in [5, 5.41) is 2.28. The van der Waals surface area contributed by atoms with Gasteiger partial charge in [-0.25, -0.2) is 21.6 Å². The van der Waals surface area contributed by atoms with Crippen LogP contribution in [0.25, 0.3) is 12.2 Å². The van der Waals surface area contributed by atoms with E-state index >= 15 is 0 Å². The molecule has 0 aliphatic heterocycles. The molecule has 3 rings (SSSR count). The third kappa shape index (κ3) is 6.93. The summed E-state index contributed by atoms with van der Waals surface area (Å²) in [7, 11) is -7.28. The Bertz CT molecular complexity index is 1060. The molecule has 0 unspecified atom stereocenters. The average Bonchev–Trinajstić information content (AvgIpc) is 3.55. The number of hydrogen-bond donors (Lipinski definition) is 1. The van der Waals surface area contributed by atoms with Crippen LogP contribution in [0.4, 0.5) is 0 Å². The molecule has 29 heavy (non-hydrogen) atoms. The SMILES string of the molecule is O=S(=O)(/C=C/c1ccccc1)NCCN(C1CC1)S(=O)(=O)/C=C/c1ccccc1. The largest absolute Gasteiger partial charge is 0.236 e. The van der Waals surface area contributed by atoms with Gasteiger partial charge in [0.15, 0.2) is 0 Å². The van der Waals surface area contributed by atoms with E-state index in [1.54, 1.807) is 18.2 Å². The molecule has 0 heterocycles. The van der Waals surface area contributed by atoms with Crippen LogP contribution in [0.2, 0.25) is 0 Å². The third-order valence-corrected chi connectivity index (χ3v) is 7.10. The topological polar surface area (TPSA) is 83.6 Å². The number of rotatable bonds is 10. The molecule has 0 aromatic heterocycles. The first kappa shape index (κ1) is 21.4. The summed E-state index contributed by atoms with van der Waals surface area (Å²) in [6.07, 6.45) is 4.63. The van der Waals surface area contributed by atoms with E-state index in [-0.39, 0.29) is 19.1 Å². The lowest BCUT2D eigenvalue weighted by molar-refractivity contribution is 0.412. The van der Waals surface area contributed by atoms with Gasteiger partial charge >= 0.3 is 0 Å². The molecule has 0 spiro atoms. The summed E-state index contributed by atoms with van der Waals surface area (Å²) in [5.74, 6) is 0. The molecule has 0 amide bonds. The first-order chi connectivity index (χ1) is 13.9. The van der Waals surface area contributed by atoms with Crippen molar-refractivity contribution in [3.8, 4) is 0 Å². The molecule has 2 aromatic carbocycles. The van der Waals surface area contributed by atoms with Crippen LogP contribution in [0.5, 0.6) is 0 Å². The predicted octanol–water partition coefficient (Wildman–Crippen LogP) is 3.04. The quantitative estimate of drug-likeness (QED) is 0.625. The minimum absolute atomic E-state index is 0.0103. The monoisotopic (exact) mass is 432 g/mol. The summed E-state index contributed by atoms with van der Waals surface area (Å²) in [6, 6.07) is 18.2. The molecule has 154 valence electrons. The Hall–Kier alpha value is -2.26. The van der Waals surface area contributed by atoms with Gasteiger partial charge in [0, 0.05) is 29.9 Å². The highest BCUT2D eigenvalue weighted by atomic mass is 32.2. The van der Waals surface area contributed by atoms with Gasteiger partial charge in [0.25, 0.3) is 0 Å². The minimum atomic E-state index is -3.65. The maximum Gasteiger partial charge on any atom is 0.236 e. The molecule has 1 aliphatic carbocycles. The lowest BCUT2D eigenvalue weighted by Crippen LogP contribution is -2.38. The molecule has 8 heteroatoms. The van der Waals surface area contributed by atoms with Crippen LogP contribution in [0.3, 0.4) is 0 Å². The van der Waals surface area contributed by atoms with Gasteiger partial charge in [0.2, 0.25) is 20.0 Å². The van der Waals surface area contributed by atoms with Crippen LogP contribution in [0, 0.1) is 0 Å². The van der Waals surface area contributed by atoms with E-state index in [4.69, 9.17) is 0 Å². The molecule has 2 aromatic rings. The fourth-order valence-corrected chi connectivity index (χ4v) is 5.03. The van der Waals surface area contributed by atoms with E-state index in [1.807, 2.05) is 48.5 Å². The number of sulfonamides is 2. The van der Waals surface area contributed by atoms with Crippen LogP contribution < -0.4 is 4.72 Å². The molecule has 0 atom stereocenters. The zero-order valence-electron chi connectivity index (χ0n) is 15.9. The summed E-state index contributed by atoms with van der Waals surface area (Å²) >= 11 is 0. The van der Waals surface area contributed by atoms with Crippen LogP contribution in [0.15, 0.2) is 71.5 Å². The van der Waals surface area contributed by atoms with Crippen molar-refractivity contribution in [3.63, 3.8) is 0 Å². The van der Waals surface area contributed by atoms with Crippen LogP contribution in [-0.2, 0) is 20.0 Å². The van der Waals surface area contributed by atoms with Gasteiger partial charge in [-0.05, 0) is 36.1 Å². The van der Waals surface area contributed by atoms with E-state index in [0.29, 0.717) is 0 Å². The maximum atomic E-state index is 12.7. The predicted molar refractivity (Wildman–Crippen MR) is 117 cm³/mol. The summed E-state index contributed by atoms with van der Waals surface area (Å²) in [6.45, 7) is 0.0981. The standard InChI is InChI=1S/C21H24N2O4S2/c24-28(25,17-13-19-7-3-1-4-8-19)22-15-16-23(21-11-12-21)29(26,27)18-14-20-9-5-2-6-10-20/h1-10,13-14,17-18,21-22H,11-12,15-16H2/b17-13+,18-14+. The summed E-state index contributed by atoms with van der Waals surface area (Å²) < 4.78 is 53.5. The Balaban J connectivity index is 1.59.